The first-order chi connectivity index (χ1) is 17.5. The molecule has 2 aliphatic heterocycles. The van der Waals surface area contributed by atoms with Crippen molar-refractivity contribution in [2.75, 3.05) is 51.9 Å². The molecule has 9 nitrogen and oxygen atoms in total. The number of hydrogen-bond donors (Lipinski definition) is 3. The first-order valence-corrected chi connectivity index (χ1v) is 14.7. The van der Waals surface area contributed by atoms with Crippen molar-refractivity contribution < 1.29 is 28.6 Å². The number of ketones is 1. The molecular formula is C27H55N3O6S. The molecule has 2 heterocycles. The summed E-state index contributed by atoms with van der Waals surface area (Å²) < 4.78 is 16.0. The number of rotatable bonds is 18. The van der Waals surface area contributed by atoms with Gasteiger partial charge in [-0.3, -0.25) is 9.59 Å². The number of fused-ring (bicyclic) bond motifs is 1. The Hall–Kier alpha value is -1.36. The minimum atomic E-state index is -0.0568. The van der Waals surface area contributed by atoms with Gasteiger partial charge in [0.05, 0.1) is 51.7 Å². The van der Waals surface area contributed by atoms with Gasteiger partial charge < -0.3 is 30.2 Å². The maximum Gasteiger partial charge on any atom is 0.315 e. The van der Waals surface area contributed by atoms with Crippen molar-refractivity contribution in [3.63, 3.8) is 0 Å². The summed E-state index contributed by atoms with van der Waals surface area (Å²) in [5, 5.41) is 9.24. The van der Waals surface area contributed by atoms with Gasteiger partial charge in [-0.05, 0) is 19.8 Å². The maximum atomic E-state index is 11.9. The van der Waals surface area contributed by atoms with Crippen molar-refractivity contribution in [2.24, 2.45) is 0 Å². The van der Waals surface area contributed by atoms with Gasteiger partial charge in [0.2, 0.25) is 5.91 Å². The maximum absolute atomic E-state index is 11.9. The number of thioether (sulfide) groups is 1. The lowest BCUT2D eigenvalue weighted by molar-refractivity contribution is -0.121. The molecule has 0 aliphatic carbocycles. The number of Topliss-reactive ketones (excluding diaryl/α,β-unsaturated/α-hetero) is 1. The van der Waals surface area contributed by atoms with Crippen LogP contribution in [0.4, 0.5) is 4.79 Å². The fourth-order valence-electron chi connectivity index (χ4n) is 3.38. The standard InChI is InChI=1S/C20H35N3O6S.C4H10.C2H6.CH4/c1-15(24)6-8-27-10-12-29-13-11-28-9-7-21-18(25)5-3-2-4-17-19-16(14-30-17)22-20(26)23-19;1-3-4-2;1-2;/h16-17,19H,2-14H2,1H3,(H,21,25)(H2,22,23,26);3-4H2,1-2H3;1-2H3;1H4. The fourth-order valence-corrected chi connectivity index (χ4v) is 4.93. The van der Waals surface area contributed by atoms with E-state index < -0.39 is 0 Å². The number of unbranched alkanes of at least 4 members (excludes halogenated alkanes) is 2. The molecule has 2 fully saturated rings. The molecule has 2 aliphatic rings. The molecule has 220 valence electrons. The molecule has 3 amide bonds. The average Bonchev–Trinajstić information content (AvgIpc) is 3.43. The molecule has 0 saturated carbocycles. The second kappa shape index (κ2) is 26.3. The zero-order chi connectivity index (χ0) is 27.0. The van der Waals surface area contributed by atoms with Gasteiger partial charge in [-0.15, -0.1) is 0 Å². The minimum Gasteiger partial charge on any atom is -0.379 e. The van der Waals surface area contributed by atoms with Crippen molar-refractivity contribution >= 4 is 29.5 Å². The fraction of sp³-hybridized carbons (Fsp3) is 0.889. The largest absolute Gasteiger partial charge is 0.379 e. The molecule has 0 aromatic carbocycles. The van der Waals surface area contributed by atoms with Crippen LogP contribution in [-0.2, 0) is 23.8 Å². The SMILES string of the molecule is C.CC.CC(=O)CCOCCOCCOCCNC(=O)CCCCC1SCC2NC(=O)NC21.CCCC. The summed E-state index contributed by atoms with van der Waals surface area (Å²) in [6.45, 7) is 13.2. The van der Waals surface area contributed by atoms with Crippen LogP contribution in [0.2, 0.25) is 0 Å². The Kier molecular flexibility index (Phi) is 26.8. The van der Waals surface area contributed by atoms with Crippen molar-refractivity contribution in [1.82, 2.24) is 16.0 Å². The van der Waals surface area contributed by atoms with Gasteiger partial charge in [0.25, 0.3) is 0 Å². The highest BCUT2D eigenvalue weighted by Crippen LogP contribution is 2.33. The second-order valence-electron chi connectivity index (χ2n) is 8.51. The molecule has 0 aromatic rings. The van der Waals surface area contributed by atoms with E-state index in [9.17, 15) is 14.4 Å². The van der Waals surface area contributed by atoms with E-state index in [0.29, 0.717) is 64.3 Å². The van der Waals surface area contributed by atoms with Crippen LogP contribution in [0, 0.1) is 0 Å². The van der Waals surface area contributed by atoms with E-state index in [1.54, 1.807) is 6.92 Å². The Balaban J connectivity index is 0. The van der Waals surface area contributed by atoms with Gasteiger partial charge in [-0.25, -0.2) is 4.79 Å². The van der Waals surface area contributed by atoms with Gasteiger partial charge in [0.15, 0.2) is 0 Å². The molecule has 0 aromatic heterocycles. The van der Waals surface area contributed by atoms with Gasteiger partial charge in [-0.1, -0.05) is 54.4 Å². The molecule has 10 heteroatoms. The normalized spacial score (nSPS) is 19.2. The van der Waals surface area contributed by atoms with Crippen LogP contribution in [0.15, 0.2) is 0 Å². The van der Waals surface area contributed by atoms with Crippen LogP contribution in [-0.4, -0.2) is 87.0 Å². The highest BCUT2D eigenvalue weighted by atomic mass is 32.2. The molecule has 3 atom stereocenters. The van der Waals surface area contributed by atoms with Crippen molar-refractivity contribution in [2.45, 2.75) is 104 Å². The van der Waals surface area contributed by atoms with E-state index in [4.69, 9.17) is 14.2 Å². The van der Waals surface area contributed by atoms with Crippen molar-refractivity contribution in [1.29, 1.82) is 0 Å². The van der Waals surface area contributed by atoms with Gasteiger partial charge in [0.1, 0.15) is 5.78 Å². The number of carbonyl (C=O) groups excluding carboxylic acids is 3. The molecule has 3 N–H and O–H groups in total. The van der Waals surface area contributed by atoms with E-state index in [1.165, 1.54) is 12.8 Å². The molecular weight excluding hydrogens is 494 g/mol. The van der Waals surface area contributed by atoms with E-state index in [1.807, 2.05) is 25.6 Å². The predicted molar refractivity (Wildman–Crippen MR) is 153 cm³/mol. The summed E-state index contributed by atoms with van der Waals surface area (Å²) in [7, 11) is 0. The van der Waals surface area contributed by atoms with Crippen LogP contribution in [0.3, 0.4) is 0 Å². The summed E-state index contributed by atoms with van der Waals surface area (Å²) in [6, 6.07) is 0.433. The smallest absolute Gasteiger partial charge is 0.315 e. The quantitative estimate of drug-likeness (QED) is 0.172. The van der Waals surface area contributed by atoms with Crippen molar-refractivity contribution in [3.8, 4) is 0 Å². The van der Waals surface area contributed by atoms with E-state index in [-0.39, 0.29) is 37.2 Å². The molecule has 2 saturated heterocycles. The zero-order valence-electron chi connectivity index (χ0n) is 23.2. The topological polar surface area (TPSA) is 115 Å². The lowest BCUT2D eigenvalue weighted by Crippen LogP contribution is -2.36. The molecule has 0 bridgehead atoms. The highest BCUT2D eigenvalue weighted by molar-refractivity contribution is 8.00. The monoisotopic (exact) mass is 549 g/mol. The Morgan fingerprint density at radius 3 is 2.11 bits per heavy atom. The minimum absolute atomic E-state index is 0. The Labute approximate surface area is 230 Å². The Bertz CT molecular complexity index is 580. The summed E-state index contributed by atoms with van der Waals surface area (Å²) in [5.74, 6) is 1.13. The third kappa shape index (κ3) is 20.3. The number of nitrogens with one attached hydrogen (secondary N) is 3. The summed E-state index contributed by atoms with van der Waals surface area (Å²) >= 11 is 1.90. The van der Waals surface area contributed by atoms with Crippen LogP contribution >= 0.6 is 11.8 Å². The lowest BCUT2D eigenvalue weighted by Gasteiger charge is -2.16. The van der Waals surface area contributed by atoms with E-state index in [0.717, 1.165) is 25.0 Å². The van der Waals surface area contributed by atoms with Gasteiger partial charge in [0, 0.05) is 30.4 Å². The van der Waals surface area contributed by atoms with Crippen molar-refractivity contribution in [3.05, 3.63) is 0 Å². The summed E-state index contributed by atoms with van der Waals surface area (Å²) in [4.78, 5) is 34.0. The van der Waals surface area contributed by atoms with Crippen LogP contribution in [0.25, 0.3) is 0 Å². The first-order valence-electron chi connectivity index (χ1n) is 13.7. The first kappa shape index (κ1) is 37.8. The molecule has 2 rings (SSSR count). The number of ether oxygens (including phenoxy) is 3. The molecule has 3 unspecified atom stereocenters. The number of hydrogen-bond acceptors (Lipinski definition) is 7. The number of carbonyl (C=O) groups is 3. The second-order valence-corrected chi connectivity index (χ2v) is 9.78. The van der Waals surface area contributed by atoms with Crippen LogP contribution in [0.5, 0.6) is 0 Å². The highest BCUT2D eigenvalue weighted by Gasteiger charge is 2.42. The zero-order valence-corrected chi connectivity index (χ0v) is 24.0. The number of amides is 3. The lowest BCUT2D eigenvalue weighted by atomic mass is 10.0. The van der Waals surface area contributed by atoms with Crippen LogP contribution < -0.4 is 16.0 Å². The van der Waals surface area contributed by atoms with Gasteiger partial charge in [-0.2, -0.15) is 11.8 Å². The molecule has 37 heavy (non-hydrogen) atoms. The van der Waals surface area contributed by atoms with Crippen LogP contribution in [0.1, 0.15) is 87.0 Å². The average molecular weight is 550 g/mol. The van der Waals surface area contributed by atoms with E-state index in [2.05, 4.69) is 29.8 Å². The third-order valence-electron chi connectivity index (χ3n) is 5.49. The van der Waals surface area contributed by atoms with E-state index >= 15 is 0 Å². The molecule has 0 spiro atoms. The molecule has 0 radical (unpaired) electrons. The predicted octanol–water partition coefficient (Wildman–Crippen LogP) is 4.33. The Morgan fingerprint density at radius 2 is 1.51 bits per heavy atom. The summed E-state index contributed by atoms with van der Waals surface area (Å²) in [5.41, 5.74) is 0. The summed E-state index contributed by atoms with van der Waals surface area (Å²) in [6.07, 6.45) is 6.45. The number of urea groups is 1. The third-order valence-corrected chi connectivity index (χ3v) is 7.00. The van der Waals surface area contributed by atoms with Gasteiger partial charge >= 0.3 is 6.03 Å². The Morgan fingerprint density at radius 1 is 0.919 bits per heavy atom.